The van der Waals surface area contributed by atoms with Crippen molar-refractivity contribution in [1.82, 2.24) is 0 Å². The van der Waals surface area contributed by atoms with Crippen LogP contribution in [0.1, 0.15) is 20.8 Å². The minimum Gasteiger partial charge on any atom is -0.387 e. The lowest BCUT2D eigenvalue weighted by Gasteiger charge is -1.90. The Hall–Kier alpha value is -0.860. The molecule has 0 saturated carbocycles. The summed E-state index contributed by atoms with van der Waals surface area (Å²) in [6.07, 6.45) is 1.49. The quantitative estimate of drug-likeness (QED) is 0.433. The standard InChI is InChI=1S/C6H13N3/c1-5(2)8-4-9-6(3)7/h4-5H,1-3H3,(H2,7,8,9). The van der Waals surface area contributed by atoms with E-state index in [1.165, 1.54) is 6.34 Å². The number of hydrogen-bond donors (Lipinski definition) is 1. The highest BCUT2D eigenvalue weighted by Gasteiger charge is 1.80. The van der Waals surface area contributed by atoms with E-state index in [-0.39, 0.29) is 0 Å². The van der Waals surface area contributed by atoms with Crippen LogP contribution in [0.5, 0.6) is 0 Å². The van der Waals surface area contributed by atoms with E-state index in [1.807, 2.05) is 13.8 Å². The fourth-order valence-electron chi connectivity index (χ4n) is 0.258. The van der Waals surface area contributed by atoms with Gasteiger partial charge in [-0.25, -0.2) is 4.99 Å². The van der Waals surface area contributed by atoms with E-state index in [4.69, 9.17) is 5.73 Å². The third-order valence-electron chi connectivity index (χ3n) is 0.626. The van der Waals surface area contributed by atoms with Crippen LogP contribution in [0.15, 0.2) is 9.98 Å². The summed E-state index contributed by atoms with van der Waals surface area (Å²) >= 11 is 0. The highest BCUT2D eigenvalue weighted by Crippen LogP contribution is 1.81. The van der Waals surface area contributed by atoms with Gasteiger partial charge in [0.25, 0.3) is 0 Å². The first-order valence-electron chi connectivity index (χ1n) is 2.94. The van der Waals surface area contributed by atoms with Crippen molar-refractivity contribution >= 4 is 12.2 Å². The molecule has 0 amide bonds. The van der Waals surface area contributed by atoms with E-state index in [0.29, 0.717) is 11.9 Å². The summed E-state index contributed by atoms with van der Waals surface area (Å²) in [4.78, 5) is 7.74. The van der Waals surface area contributed by atoms with Crippen molar-refractivity contribution in [3.8, 4) is 0 Å². The molecule has 0 saturated heterocycles. The topological polar surface area (TPSA) is 50.7 Å². The van der Waals surface area contributed by atoms with E-state index in [1.54, 1.807) is 6.92 Å². The Balaban J connectivity index is 3.60. The minimum atomic E-state index is 0.299. The van der Waals surface area contributed by atoms with Crippen molar-refractivity contribution in [2.24, 2.45) is 15.7 Å². The molecule has 2 N–H and O–H groups in total. The van der Waals surface area contributed by atoms with E-state index in [2.05, 4.69) is 9.98 Å². The van der Waals surface area contributed by atoms with Crippen LogP contribution in [-0.4, -0.2) is 18.2 Å². The molecule has 0 heterocycles. The number of amidine groups is 1. The molecule has 9 heavy (non-hydrogen) atoms. The Morgan fingerprint density at radius 2 is 2.11 bits per heavy atom. The molecular weight excluding hydrogens is 114 g/mol. The van der Waals surface area contributed by atoms with Crippen molar-refractivity contribution in [3.05, 3.63) is 0 Å². The summed E-state index contributed by atoms with van der Waals surface area (Å²) in [5.41, 5.74) is 5.24. The Labute approximate surface area is 55.7 Å². The predicted molar refractivity (Wildman–Crippen MR) is 40.9 cm³/mol. The molecule has 0 aliphatic carbocycles. The Morgan fingerprint density at radius 1 is 1.56 bits per heavy atom. The summed E-state index contributed by atoms with van der Waals surface area (Å²) in [5, 5.41) is 0. The molecular formula is C6H13N3. The highest BCUT2D eigenvalue weighted by molar-refractivity contribution is 5.85. The van der Waals surface area contributed by atoms with Gasteiger partial charge in [-0.15, -0.1) is 0 Å². The molecule has 3 heteroatoms. The summed E-state index contributed by atoms with van der Waals surface area (Å²) in [6, 6.07) is 0.299. The van der Waals surface area contributed by atoms with Gasteiger partial charge in [-0.05, 0) is 20.8 Å². The number of rotatable bonds is 2. The molecule has 3 nitrogen and oxygen atoms in total. The van der Waals surface area contributed by atoms with Gasteiger partial charge in [-0.1, -0.05) is 0 Å². The van der Waals surface area contributed by atoms with E-state index in [9.17, 15) is 0 Å². The minimum absolute atomic E-state index is 0.299. The van der Waals surface area contributed by atoms with E-state index >= 15 is 0 Å². The molecule has 0 atom stereocenters. The second-order valence-electron chi connectivity index (χ2n) is 2.13. The first-order chi connectivity index (χ1) is 4.13. The lowest BCUT2D eigenvalue weighted by Crippen LogP contribution is -2.05. The fraction of sp³-hybridized carbons (Fsp3) is 0.667. The molecule has 0 aliphatic rings. The molecule has 0 bridgehead atoms. The zero-order valence-electron chi connectivity index (χ0n) is 6.13. The lowest BCUT2D eigenvalue weighted by molar-refractivity contribution is 0.839. The maximum absolute atomic E-state index is 5.24. The molecule has 0 aliphatic heterocycles. The third-order valence-corrected chi connectivity index (χ3v) is 0.626. The van der Waals surface area contributed by atoms with Crippen molar-refractivity contribution in [2.75, 3.05) is 0 Å². The van der Waals surface area contributed by atoms with E-state index < -0.39 is 0 Å². The lowest BCUT2D eigenvalue weighted by atomic mass is 10.4. The largest absolute Gasteiger partial charge is 0.387 e. The van der Waals surface area contributed by atoms with Crippen molar-refractivity contribution in [1.29, 1.82) is 0 Å². The van der Waals surface area contributed by atoms with Crippen molar-refractivity contribution in [2.45, 2.75) is 26.8 Å². The maximum Gasteiger partial charge on any atom is 0.112 e. The van der Waals surface area contributed by atoms with Crippen LogP contribution in [0.4, 0.5) is 0 Å². The van der Waals surface area contributed by atoms with Gasteiger partial charge in [-0.2, -0.15) is 0 Å². The van der Waals surface area contributed by atoms with Crippen LogP contribution in [0, 0.1) is 0 Å². The van der Waals surface area contributed by atoms with E-state index in [0.717, 1.165) is 0 Å². The van der Waals surface area contributed by atoms with Gasteiger partial charge >= 0.3 is 0 Å². The summed E-state index contributed by atoms with van der Waals surface area (Å²) < 4.78 is 0. The van der Waals surface area contributed by atoms with Gasteiger partial charge in [0.15, 0.2) is 0 Å². The maximum atomic E-state index is 5.24. The molecule has 52 valence electrons. The average Bonchev–Trinajstić information content (AvgIpc) is 1.63. The molecule has 0 rings (SSSR count). The normalized spacial score (nSPS) is 13.6. The third kappa shape index (κ3) is 7.14. The molecule has 0 aromatic carbocycles. The fourth-order valence-corrected chi connectivity index (χ4v) is 0.258. The Morgan fingerprint density at radius 3 is 2.44 bits per heavy atom. The first-order valence-corrected chi connectivity index (χ1v) is 2.94. The number of aliphatic imine (C=N–C) groups is 2. The Kier molecular flexibility index (Phi) is 3.67. The summed E-state index contributed by atoms with van der Waals surface area (Å²) in [7, 11) is 0. The van der Waals surface area contributed by atoms with Gasteiger partial charge in [-0.3, -0.25) is 4.99 Å². The predicted octanol–water partition coefficient (Wildman–Crippen LogP) is 0.800. The molecule has 0 spiro atoms. The average molecular weight is 127 g/mol. The Bertz CT molecular complexity index is 120. The van der Waals surface area contributed by atoms with Crippen molar-refractivity contribution in [3.63, 3.8) is 0 Å². The van der Waals surface area contributed by atoms with Gasteiger partial charge in [0, 0.05) is 6.04 Å². The van der Waals surface area contributed by atoms with Crippen LogP contribution >= 0.6 is 0 Å². The van der Waals surface area contributed by atoms with Crippen LogP contribution in [0.25, 0.3) is 0 Å². The second-order valence-corrected chi connectivity index (χ2v) is 2.13. The van der Waals surface area contributed by atoms with Gasteiger partial charge in [0.2, 0.25) is 0 Å². The summed E-state index contributed by atoms with van der Waals surface area (Å²) in [6.45, 7) is 5.70. The number of nitrogens with zero attached hydrogens (tertiary/aromatic N) is 2. The SMILES string of the molecule is CC(N)=NC=NC(C)C. The van der Waals surface area contributed by atoms with Crippen LogP contribution in [-0.2, 0) is 0 Å². The van der Waals surface area contributed by atoms with Gasteiger partial charge in [0.05, 0.1) is 5.84 Å². The summed E-state index contributed by atoms with van der Waals surface area (Å²) in [5.74, 6) is 0.541. The highest BCUT2D eigenvalue weighted by atomic mass is 14.9. The van der Waals surface area contributed by atoms with Crippen LogP contribution in [0.2, 0.25) is 0 Å². The zero-order chi connectivity index (χ0) is 7.28. The second kappa shape index (κ2) is 4.06. The van der Waals surface area contributed by atoms with Gasteiger partial charge < -0.3 is 5.73 Å². The molecule has 0 radical (unpaired) electrons. The first kappa shape index (κ1) is 8.14. The molecule has 0 aromatic rings. The molecule has 0 aromatic heterocycles. The smallest absolute Gasteiger partial charge is 0.112 e. The monoisotopic (exact) mass is 127 g/mol. The molecule has 0 fully saturated rings. The van der Waals surface area contributed by atoms with Crippen molar-refractivity contribution < 1.29 is 0 Å². The zero-order valence-corrected chi connectivity index (χ0v) is 6.13. The van der Waals surface area contributed by atoms with Gasteiger partial charge in [0.1, 0.15) is 6.34 Å². The number of nitrogens with two attached hydrogens (primary N) is 1. The van der Waals surface area contributed by atoms with Crippen LogP contribution in [0.3, 0.4) is 0 Å². The van der Waals surface area contributed by atoms with Crippen LogP contribution < -0.4 is 5.73 Å². The number of hydrogen-bond acceptors (Lipinski definition) is 1. The molecule has 0 unspecified atom stereocenters.